The summed E-state index contributed by atoms with van der Waals surface area (Å²) in [4.78, 5) is 13.1. The summed E-state index contributed by atoms with van der Waals surface area (Å²) < 4.78 is 0. The average Bonchev–Trinajstić information content (AvgIpc) is 2.91. The maximum atomic E-state index is 11.4. The Morgan fingerprint density at radius 3 is 2.57 bits per heavy atom. The van der Waals surface area contributed by atoms with E-state index in [1.165, 1.54) is 6.07 Å². The average molecular weight is 292 g/mol. The van der Waals surface area contributed by atoms with E-state index in [0.29, 0.717) is 11.3 Å². The molecule has 21 heavy (non-hydrogen) atoms. The second kappa shape index (κ2) is 6.02. The normalized spacial score (nSPS) is 18.8. The quantitative estimate of drug-likeness (QED) is 0.664. The van der Waals surface area contributed by atoms with Gasteiger partial charge in [0.2, 0.25) is 0 Å². The third kappa shape index (κ3) is 3.02. The van der Waals surface area contributed by atoms with Gasteiger partial charge in [0, 0.05) is 19.2 Å². The van der Waals surface area contributed by atoms with Crippen LogP contribution < -0.4 is 4.90 Å². The van der Waals surface area contributed by atoms with Crippen LogP contribution in [0.1, 0.15) is 51.7 Å². The Labute approximate surface area is 125 Å². The minimum Gasteiger partial charge on any atom is -0.389 e. The van der Waals surface area contributed by atoms with Gasteiger partial charge in [-0.25, -0.2) is 0 Å². The number of anilines is 1. The predicted molar refractivity (Wildman–Crippen MR) is 83.6 cm³/mol. The lowest BCUT2D eigenvalue weighted by molar-refractivity contribution is -0.384. The number of benzene rings is 1. The van der Waals surface area contributed by atoms with Crippen molar-refractivity contribution in [2.45, 2.75) is 46.1 Å². The number of hydrogen-bond acceptors (Lipinski definition) is 4. The summed E-state index contributed by atoms with van der Waals surface area (Å²) in [5, 5.41) is 21.0. The van der Waals surface area contributed by atoms with Crippen molar-refractivity contribution >= 4 is 11.4 Å². The Balaban J connectivity index is 2.34. The number of nitrogens with zero attached hydrogens (tertiary/aromatic N) is 2. The van der Waals surface area contributed by atoms with Gasteiger partial charge in [-0.1, -0.05) is 19.9 Å². The molecule has 1 saturated heterocycles. The lowest BCUT2D eigenvalue weighted by Crippen LogP contribution is -2.26. The molecule has 2 rings (SSSR count). The van der Waals surface area contributed by atoms with E-state index in [2.05, 4.69) is 18.7 Å². The molecule has 0 unspecified atom stereocenters. The van der Waals surface area contributed by atoms with Crippen LogP contribution in [-0.4, -0.2) is 23.1 Å². The van der Waals surface area contributed by atoms with Crippen LogP contribution in [-0.2, 0) is 0 Å². The molecule has 116 valence electrons. The van der Waals surface area contributed by atoms with Gasteiger partial charge in [0.05, 0.1) is 11.0 Å². The van der Waals surface area contributed by atoms with Gasteiger partial charge in [0.1, 0.15) is 5.69 Å². The minimum atomic E-state index is -0.693. The van der Waals surface area contributed by atoms with E-state index >= 15 is 0 Å². The van der Waals surface area contributed by atoms with Gasteiger partial charge in [-0.15, -0.1) is 0 Å². The van der Waals surface area contributed by atoms with Crippen LogP contribution in [0.25, 0.3) is 0 Å². The van der Waals surface area contributed by atoms with Gasteiger partial charge >= 0.3 is 0 Å². The standard InChI is InChI=1S/C16H24N2O3/c1-4-16(5-2)8-9-17(11-16)14-7-6-13(12(3)19)10-15(14)18(20)21/h6-7,10,12,19H,4-5,8-9,11H2,1-3H3/t12-/m0/s1. The second-order valence-electron chi connectivity index (χ2n) is 6.06. The maximum Gasteiger partial charge on any atom is 0.292 e. The fourth-order valence-electron chi connectivity index (χ4n) is 3.18. The molecule has 5 heteroatoms. The van der Waals surface area contributed by atoms with Gasteiger partial charge in [-0.05, 0) is 43.2 Å². The Morgan fingerprint density at radius 2 is 2.10 bits per heavy atom. The van der Waals surface area contributed by atoms with E-state index in [1.54, 1.807) is 19.1 Å². The largest absolute Gasteiger partial charge is 0.389 e. The van der Waals surface area contributed by atoms with Gasteiger partial charge < -0.3 is 10.0 Å². The van der Waals surface area contributed by atoms with Crippen LogP contribution in [0, 0.1) is 15.5 Å². The Morgan fingerprint density at radius 1 is 1.43 bits per heavy atom. The number of nitro benzene ring substituents is 1. The van der Waals surface area contributed by atoms with Crippen molar-refractivity contribution in [3.05, 3.63) is 33.9 Å². The Kier molecular flexibility index (Phi) is 4.52. The molecule has 1 atom stereocenters. The van der Waals surface area contributed by atoms with Crippen LogP contribution >= 0.6 is 0 Å². The maximum absolute atomic E-state index is 11.4. The molecule has 1 heterocycles. The summed E-state index contributed by atoms with van der Waals surface area (Å²) in [6, 6.07) is 5.06. The van der Waals surface area contributed by atoms with E-state index in [-0.39, 0.29) is 16.0 Å². The van der Waals surface area contributed by atoms with E-state index < -0.39 is 6.10 Å². The molecule has 1 N–H and O–H groups in total. The fourth-order valence-corrected chi connectivity index (χ4v) is 3.18. The highest BCUT2D eigenvalue weighted by Gasteiger charge is 2.37. The number of hydrogen-bond donors (Lipinski definition) is 1. The lowest BCUT2D eigenvalue weighted by atomic mass is 9.82. The summed E-state index contributed by atoms with van der Waals surface area (Å²) in [5.41, 5.74) is 1.63. The zero-order valence-electron chi connectivity index (χ0n) is 13.0. The molecule has 0 radical (unpaired) electrons. The van der Waals surface area contributed by atoms with Gasteiger partial charge in [0.25, 0.3) is 5.69 Å². The highest BCUT2D eigenvalue weighted by molar-refractivity contribution is 5.65. The zero-order valence-corrected chi connectivity index (χ0v) is 13.0. The molecule has 1 aliphatic rings. The molecule has 0 bridgehead atoms. The molecule has 1 aromatic rings. The topological polar surface area (TPSA) is 66.6 Å². The van der Waals surface area contributed by atoms with Gasteiger partial charge in [0.15, 0.2) is 0 Å². The van der Waals surface area contributed by atoms with Crippen LogP contribution in [0.3, 0.4) is 0 Å². The van der Waals surface area contributed by atoms with Crippen LogP contribution in [0.2, 0.25) is 0 Å². The van der Waals surface area contributed by atoms with Crippen molar-refractivity contribution < 1.29 is 10.0 Å². The lowest BCUT2D eigenvalue weighted by Gasteiger charge is -2.27. The van der Waals surface area contributed by atoms with Crippen molar-refractivity contribution in [3.8, 4) is 0 Å². The highest BCUT2D eigenvalue weighted by Crippen LogP contribution is 2.42. The molecule has 1 fully saturated rings. The molecule has 0 aliphatic carbocycles. The third-order valence-corrected chi connectivity index (χ3v) is 4.96. The third-order valence-electron chi connectivity index (χ3n) is 4.96. The summed E-state index contributed by atoms with van der Waals surface area (Å²) in [5.74, 6) is 0. The van der Waals surface area contributed by atoms with Crippen molar-refractivity contribution in [1.82, 2.24) is 0 Å². The van der Waals surface area contributed by atoms with Crippen molar-refractivity contribution in [3.63, 3.8) is 0 Å². The van der Waals surface area contributed by atoms with E-state index in [4.69, 9.17) is 0 Å². The number of aliphatic hydroxyl groups excluding tert-OH is 1. The van der Waals surface area contributed by atoms with Crippen molar-refractivity contribution in [2.24, 2.45) is 5.41 Å². The summed E-state index contributed by atoms with van der Waals surface area (Å²) in [7, 11) is 0. The molecule has 0 aromatic heterocycles. The first-order valence-corrected chi connectivity index (χ1v) is 7.64. The highest BCUT2D eigenvalue weighted by atomic mass is 16.6. The van der Waals surface area contributed by atoms with E-state index in [1.807, 2.05) is 0 Å². The smallest absolute Gasteiger partial charge is 0.292 e. The van der Waals surface area contributed by atoms with E-state index in [0.717, 1.165) is 32.4 Å². The summed E-state index contributed by atoms with van der Waals surface area (Å²) >= 11 is 0. The second-order valence-corrected chi connectivity index (χ2v) is 6.06. The van der Waals surface area contributed by atoms with Gasteiger partial charge in [-0.2, -0.15) is 0 Å². The Bertz CT molecular complexity index is 524. The van der Waals surface area contributed by atoms with Crippen molar-refractivity contribution in [1.29, 1.82) is 0 Å². The number of nitro groups is 1. The minimum absolute atomic E-state index is 0.0939. The molecule has 0 spiro atoms. The van der Waals surface area contributed by atoms with Crippen molar-refractivity contribution in [2.75, 3.05) is 18.0 Å². The fraction of sp³-hybridized carbons (Fsp3) is 0.625. The predicted octanol–water partition coefficient (Wildman–Crippen LogP) is 3.66. The summed E-state index contributed by atoms with van der Waals surface area (Å²) in [6.07, 6.45) is 2.58. The molecule has 5 nitrogen and oxygen atoms in total. The first-order valence-electron chi connectivity index (χ1n) is 7.64. The zero-order chi connectivity index (χ0) is 15.6. The first-order chi connectivity index (χ1) is 9.92. The number of aliphatic hydroxyl groups is 1. The SMILES string of the molecule is CCC1(CC)CCN(c2ccc([C@H](C)O)cc2[N+](=O)[O-])C1. The van der Waals surface area contributed by atoms with Crippen LogP contribution in [0.15, 0.2) is 18.2 Å². The monoisotopic (exact) mass is 292 g/mol. The summed E-state index contributed by atoms with van der Waals surface area (Å²) in [6.45, 7) is 7.73. The molecular formula is C16H24N2O3. The van der Waals surface area contributed by atoms with Crippen LogP contribution in [0.5, 0.6) is 0 Å². The molecule has 0 saturated carbocycles. The van der Waals surface area contributed by atoms with E-state index in [9.17, 15) is 15.2 Å². The molecule has 1 aromatic carbocycles. The molecular weight excluding hydrogens is 268 g/mol. The van der Waals surface area contributed by atoms with Crippen LogP contribution in [0.4, 0.5) is 11.4 Å². The molecule has 1 aliphatic heterocycles. The molecule has 0 amide bonds. The van der Waals surface area contributed by atoms with Gasteiger partial charge in [-0.3, -0.25) is 10.1 Å². The number of rotatable bonds is 5. The first kappa shape index (κ1) is 15.8. The Hall–Kier alpha value is -1.62.